The van der Waals surface area contributed by atoms with Crippen molar-refractivity contribution >= 4 is 23.1 Å². The van der Waals surface area contributed by atoms with Gasteiger partial charge in [0, 0.05) is 19.6 Å². The Morgan fingerprint density at radius 2 is 2.10 bits per heavy atom. The fourth-order valence-corrected chi connectivity index (χ4v) is 2.78. The second-order valence-electron chi connectivity index (χ2n) is 5.29. The molecule has 0 atom stereocenters. The van der Waals surface area contributed by atoms with Crippen molar-refractivity contribution in [2.45, 2.75) is 12.8 Å². The number of halogens is 1. The zero-order valence-electron chi connectivity index (χ0n) is 11.6. The average molecular weight is 300 g/mol. The minimum Gasteiger partial charge on any atom is -0.351 e. The maximum atomic E-state index is 11.1. The van der Waals surface area contributed by atoms with Crippen LogP contribution in [0.5, 0.6) is 0 Å². The van der Waals surface area contributed by atoms with Crippen LogP contribution < -0.4 is 4.90 Å². The van der Waals surface area contributed by atoms with Crippen molar-refractivity contribution in [3.8, 4) is 0 Å². The molecule has 0 bridgehead atoms. The molecular formula is C12H18ClN5O2. The lowest BCUT2D eigenvalue weighted by Crippen LogP contribution is -2.37. The van der Waals surface area contributed by atoms with E-state index in [-0.39, 0.29) is 10.8 Å². The van der Waals surface area contributed by atoms with Gasteiger partial charge in [0.15, 0.2) is 0 Å². The first-order chi connectivity index (χ1) is 9.49. The van der Waals surface area contributed by atoms with E-state index in [2.05, 4.69) is 29.0 Å². The summed E-state index contributed by atoms with van der Waals surface area (Å²) in [5.74, 6) is 0.955. The zero-order chi connectivity index (χ0) is 14.7. The van der Waals surface area contributed by atoms with E-state index >= 15 is 0 Å². The molecule has 0 aromatic carbocycles. The third-order valence-electron chi connectivity index (χ3n) is 3.48. The lowest BCUT2D eigenvalue weighted by Gasteiger charge is -2.33. The maximum Gasteiger partial charge on any atom is 0.348 e. The Balaban J connectivity index is 2.11. The Kier molecular flexibility index (Phi) is 4.72. The van der Waals surface area contributed by atoms with Gasteiger partial charge < -0.3 is 9.80 Å². The number of hydrogen-bond acceptors (Lipinski definition) is 6. The maximum absolute atomic E-state index is 11.1. The van der Waals surface area contributed by atoms with E-state index in [1.54, 1.807) is 0 Å². The lowest BCUT2D eigenvalue weighted by molar-refractivity contribution is -0.384. The standard InChI is InChI=1S/C12H18ClN5O2/c1-16(2)7-9-3-5-17(6-4-9)12-10(18(19)20)11(13)14-8-15-12/h8-9H,3-7H2,1-2H3. The smallest absolute Gasteiger partial charge is 0.348 e. The Hall–Kier alpha value is -1.47. The van der Waals surface area contributed by atoms with Crippen LogP contribution in [-0.4, -0.2) is 53.5 Å². The van der Waals surface area contributed by atoms with Crippen molar-refractivity contribution in [3.05, 3.63) is 21.6 Å². The van der Waals surface area contributed by atoms with Crippen molar-refractivity contribution in [1.82, 2.24) is 14.9 Å². The molecule has 110 valence electrons. The molecule has 1 aliphatic heterocycles. The van der Waals surface area contributed by atoms with Gasteiger partial charge in [-0.05, 0) is 32.9 Å². The second-order valence-corrected chi connectivity index (χ2v) is 5.64. The highest BCUT2D eigenvalue weighted by Gasteiger charge is 2.29. The van der Waals surface area contributed by atoms with Crippen molar-refractivity contribution in [1.29, 1.82) is 0 Å². The summed E-state index contributed by atoms with van der Waals surface area (Å²) in [7, 11) is 4.11. The fraction of sp³-hybridized carbons (Fsp3) is 0.667. The highest BCUT2D eigenvalue weighted by molar-refractivity contribution is 6.31. The molecule has 0 aliphatic carbocycles. The van der Waals surface area contributed by atoms with Crippen molar-refractivity contribution < 1.29 is 4.92 Å². The first-order valence-electron chi connectivity index (χ1n) is 6.53. The number of piperidine rings is 1. The summed E-state index contributed by atoms with van der Waals surface area (Å²) < 4.78 is 0. The lowest BCUT2D eigenvalue weighted by atomic mass is 9.96. The third-order valence-corrected chi connectivity index (χ3v) is 3.75. The molecule has 1 aromatic heterocycles. The summed E-state index contributed by atoms with van der Waals surface area (Å²) in [6.45, 7) is 2.56. The fourth-order valence-electron chi connectivity index (χ4n) is 2.58. The summed E-state index contributed by atoms with van der Waals surface area (Å²) in [4.78, 5) is 22.4. The van der Waals surface area contributed by atoms with Gasteiger partial charge in [0.2, 0.25) is 11.0 Å². The zero-order valence-corrected chi connectivity index (χ0v) is 12.4. The van der Waals surface area contributed by atoms with Gasteiger partial charge in [0.25, 0.3) is 0 Å². The molecule has 0 unspecified atom stereocenters. The molecule has 7 nitrogen and oxygen atoms in total. The van der Waals surface area contributed by atoms with E-state index < -0.39 is 4.92 Å². The van der Waals surface area contributed by atoms with Gasteiger partial charge in [-0.1, -0.05) is 11.6 Å². The SMILES string of the molecule is CN(C)CC1CCN(c2ncnc(Cl)c2[N+](=O)[O-])CC1. The van der Waals surface area contributed by atoms with E-state index in [1.807, 2.05) is 4.90 Å². The van der Waals surface area contributed by atoms with Gasteiger partial charge in [-0.25, -0.2) is 9.97 Å². The molecule has 8 heteroatoms. The number of anilines is 1. The molecule has 2 rings (SSSR count). The predicted octanol–water partition coefficient (Wildman–Crippen LogP) is 1.82. The van der Waals surface area contributed by atoms with Crippen LogP contribution in [0.1, 0.15) is 12.8 Å². The van der Waals surface area contributed by atoms with E-state index in [1.165, 1.54) is 6.33 Å². The van der Waals surface area contributed by atoms with Gasteiger partial charge in [0.05, 0.1) is 4.92 Å². The molecule has 1 aliphatic rings. The normalized spacial score (nSPS) is 16.7. The third kappa shape index (κ3) is 3.34. The first kappa shape index (κ1) is 14.9. The van der Waals surface area contributed by atoms with Crippen LogP contribution in [0.2, 0.25) is 5.15 Å². The van der Waals surface area contributed by atoms with Crippen LogP contribution in [0.25, 0.3) is 0 Å². The minimum atomic E-state index is -0.510. The van der Waals surface area contributed by atoms with Crippen LogP contribution in [0, 0.1) is 16.0 Å². The van der Waals surface area contributed by atoms with Gasteiger partial charge in [0.1, 0.15) is 6.33 Å². The number of nitro groups is 1. The van der Waals surface area contributed by atoms with Crippen LogP contribution in [0.3, 0.4) is 0 Å². The van der Waals surface area contributed by atoms with Crippen LogP contribution in [0.15, 0.2) is 6.33 Å². The van der Waals surface area contributed by atoms with Crippen molar-refractivity contribution in [2.75, 3.05) is 38.6 Å². The molecule has 0 radical (unpaired) electrons. The summed E-state index contributed by atoms with van der Waals surface area (Å²) in [6, 6.07) is 0. The Bertz CT molecular complexity index is 489. The van der Waals surface area contributed by atoms with Crippen molar-refractivity contribution in [3.63, 3.8) is 0 Å². The topological polar surface area (TPSA) is 75.4 Å². The molecule has 0 N–H and O–H groups in total. The monoisotopic (exact) mass is 299 g/mol. The Morgan fingerprint density at radius 1 is 1.45 bits per heavy atom. The van der Waals surface area contributed by atoms with Crippen LogP contribution >= 0.6 is 11.6 Å². The Labute approximate surface area is 122 Å². The molecule has 0 saturated carbocycles. The number of nitrogens with zero attached hydrogens (tertiary/aromatic N) is 5. The highest BCUT2D eigenvalue weighted by Crippen LogP contribution is 2.33. The second kappa shape index (κ2) is 6.32. The largest absolute Gasteiger partial charge is 0.351 e. The van der Waals surface area contributed by atoms with Gasteiger partial charge in [-0.3, -0.25) is 10.1 Å². The number of rotatable bonds is 4. The summed E-state index contributed by atoms with van der Waals surface area (Å²) in [5, 5.41) is 11.0. The molecule has 2 heterocycles. The number of aromatic nitrogens is 2. The highest BCUT2D eigenvalue weighted by atomic mass is 35.5. The van der Waals surface area contributed by atoms with Gasteiger partial charge >= 0.3 is 5.69 Å². The summed E-state index contributed by atoms with van der Waals surface area (Å²) in [6.07, 6.45) is 3.27. The van der Waals surface area contributed by atoms with Gasteiger partial charge in [-0.2, -0.15) is 0 Å². The van der Waals surface area contributed by atoms with Crippen LogP contribution in [-0.2, 0) is 0 Å². The molecule has 0 spiro atoms. The Morgan fingerprint density at radius 3 is 2.65 bits per heavy atom. The molecule has 0 amide bonds. The number of hydrogen-bond donors (Lipinski definition) is 0. The minimum absolute atomic E-state index is 0.101. The van der Waals surface area contributed by atoms with E-state index in [9.17, 15) is 10.1 Å². The van der Waals surface area contributed by atoms with E-state index in [4.69, 9.17) is 11.6 Å². The van der Waals surface area contributed by atoms with E-state index in [0.717, 1.165) is 32.5 Å². The van der Waals surface area contributed by atoms with E-state index in [0.29, 0.717) is 11.7 Å². The molecule has 20 heavy (non-hydrogen) atoms. The summed E-state index contributed by atoms with van der Waals surface area (Å²) in [5.41, 5.74) is -0.194. The predicted molar refractivity (Wildman–Crippen MR) is 77.2 cm³/mol. The molecule has 1 aromatic rings. The average Bonchev–Trinajstić information content (AvgIpc) is 2.38. The molecule has 1 saturated heterocycles. The summed E-state index contributed by atoms with van der Waals surface area (Å²) >= 11 is 5.82. The first-order valence-corrected chi connectivity index (χ1v) is 6.91. The quantitative estimate of drug-likeness (QED) is 0.479. The molecular weight excluding hydrogens is 282 g/mol. The van der Waals surface area contributed by atoms with Crippen molar-refractivity contribution in [2.24, 2.45) is 5.92 Å². The molecule has 1 fully saturated rings. The van der Waals surface area contributed by atoms with Gasteiger partial charge in [-0.15, -0.1) is 0 Å². The van der Waals surface area contributed by atoms with Crippen LogP contribution in [0.4, 0.5) is 11.5 Å².